The Morgan fingerprint density at radius 3 is 2.65 bits per heavy atom. The Kier molecular flexibility index (Phi) is 5.50. The summed E-state index contributed by atoms with van der Waals surface area (Å²) in [5, 5.41) is 7.85. The summed E-state index contributed by atoms with van der Waals surface area (Å²) in [6, 6.07) is 14.5. The van der Waals surface area contributed by atoms with E-state index in [2.05, 4.69) is 73.5 Å². The molecule has 0 amide bonds. The molecular weight excluding hydrogens is 386 g/mol. The molecule has 0 saturated carbocycles. The third-order valence-electron chi connectivity index (χ3n) is 5.64. The molecule has 158 valence electrons. The van der Waals surface area contributed by atoms with Gasteiger partial charge in [0.05, 0.1) is 5.69 Å². The highest BCUT2D eigenvalue weighted by atomic mass is 15.2. The van der Waals surface area contributed by atoms with E-state index < -0.39 is 0 Å². The average Bonchev–Trinajstić information content (AvgIpc) is 3.19. The number of anilines is 3. The molecule has 4 aromatic rings. The van der Waals surface area contributed by atoms with Crippen molar-refractivity contribution in [2.45, 2.75) is 19.9 Å². The van der Waals surface area contributed by atoms with E-state index in [9.17, 15) is 0 Å². The SMILES string of the molecule is CCCn1cc(-c2ccnc(Nc3ccc(N4CCNCC4)cc3)n2)c2cccnc21. The van der Waals surface area contributed by atoms with Crippen molar-refractivity contribution in [1.82, 2.24) is 24.8 Å². The number of aryl methyl sites for hydroxylation is 1. The zero-order valence-electron chi connectivity index (χ0n) is 17.8. The highest BCUT2D eigenvalue weighted by Crippen LogP contribution is 2.29. The Morgan fingerprint density at radius 2 is 1.84 bits per heavy atom. The minimum atomic E-state index is 0.590. The Hall–Kier alpha value is -3.45. The van der Waals surface area contributed by atoms with Crippen LogP contribution in [0.15, 0.2) is 61.1 Å². The maximum Gasteiger partial charge on any atom is 0.227 e. The summed E-state index contributed by atoms with van der Waals surface area (Å²) in [4.78, 5) is 16.2. The van der Waals surface area contributed by atoms with Gasteiger partial charge in [-0.05, 0) is 48.9 Å². The minimum absolute atomic E-state index is 0.590. The van der Waals surface area contributed by atoms with Gasteiger partial charge in [-0.25, -0.2) is 15.0 Å². The van der Waals surface area contributed by atoms with Gasteiger partial charge in [-0.2, -0.15) is 0 Å². The predicted molar refractivity (Wildman–Crippen MR) is 126 cm³/mol. The Balaban J connectivity index is 1.39. The number of nitrogens with zero attached hydrogens (tertiary/aromatic N) is 5. The molecule has 5 rings (SSSR count). The van der Waals surface area contributed by atoms with E-state index in [4.69, 9.17) is 4.98 Å². The summed E-state index contributed by atoms with van der Waals surface area (Å²) in [6.07, 6.45) is 6.85. The molecule has 1 aliphatic rings. The highest BCUT2D eigenvalue weighted by molar-refractivity contribution is 5.93. The predicted octanol–water partition coefficient (Wildman–Crippen LogP) is 4.06. The smallest absolute Gasteiger partial charge is 0.227 e. The second-order valence-corrected chi connectivity index (χ2v) is 7.79. The number of pyridine rings is 1. The molecule has 7 nitrogen and oxygen atoms in total. The van der Waals surface area contributed by atoms with Crippen LogP contribution in [0.25, 0.3) is 22.3 Å². The van der Waals surface area contributed by atoms with E-state index in [1.165, 1.54) is 5.69 Å². The highest BCUT2D eigenvalue weighted by Gasteiger charge is 2.13. The zero-order chi connectivity index (χ0) is 21.0. The molecule has 31 heavy (non-hydrogen) atoms. The fourth-order valence-electron chi connectivity index (χ4n) is 4.11. The molecule has 0 aliphatic carbocycles. The number of rotatable bonds is 6. The molecule has 0 bridgehead atoms. The molecule has 1 aromatic carbocycles. The van der Waals surface area contributed by atoms with Crippen LogP contribution in [0.4, 0.5) is 17.3 Å². The lowest BCUT2D eigenvalue weighted by Crippen LogP contribution is -2.43. The molecule has 0 atom stereocenters. The van der Waals surface area contributed by atoms with E-state index >= 15 is 0 Å². The van der Waals surface area contributed by atoms with Gasteiger partial charge in [0.2, 0.25) is 5.95 Å². The molecular formula is C24H27N7. The Bertz CT molecular complexity index is 1160. The lowest BCUT2D eigenvalue weighted by atomic mass is 10.1. The van der Waals surface area contributed by atoms with Crippen LogP contribution in [0.3, 0.4) is 0 Å². The summed E-state index contributed by atoms with van der Waals surface area (Å²) in [5.41, 5.74) is 5.19. The van der Waals surface area contributed by atoms with Crippen LogP contribution in [0, 0.1) is 0 Å². The first kappa shape index (κ1) is 19.5. The Labute approximate surface area is 182 Å². The molecule has 3 aromatic heterocycles. The van der Waals surface area contributed by atoms with Crippen LogP contribution in [0.5, 0.6) is 0 Å². The van der Waals surface area contributed by atoms with Gasteiger partial charge in [0.1, 0.15) is 5.65 Å². The molecule has 0 radical (unpaired) electrons. The van der Waals surface area contributed by atoms with Crippen LogP contribution in [-0.2, 0) is 6.54 Å². The van der Waals surface area contributed by atoms with E-state index in [1.807, 2.05) is 18.3 Å². The molecule has 1 aliphatic heterocycles. The van der Waals surface area contributed by atoms with Crippen LogP contribution < -0.4 is 15.5 Å². The number of nitrogens with one attached hydrogen (secondary N) is 2. The summed E-state index contributed by atoms with van der Waals surface area (Å²) >= 11 is 0. The van der Waals surface area contributed by atoms with Gasteiger partial charge in [0.25, 0.3) is 0 Å². The third kappa shape index (κ3) is 4.09. The normalized spacial score (nSPS) is 14.2. The van der Waals surface area contributed by atoms with Crippen molar-refractivity contribution in [2.24, 2.45) is 0 Å². The average molecular weight is 414 g/mol. The van der Waals surface area contributed by atoms with Crippen LogP contribution in [0.2, 0.25) is 0 Å². The maximum absolute atomic E-state index is 4.79. The molecule has 0 unspecified atom stereocenters. The fourth-order valence-corrected chi connectivity index (χ4v) is 4.11. The van der Waals surface area contributed by atoms with Gasteiger partial charge in [0.15, 0.2) is 0 Å². The maximum atomic E-state index is 4.79. The van der Waals surface area contributed by atoms with Gasteiger partial charge in [0, 0.05) is 73.6 Å². The molecule has 4 heterocycles. The fraction of sp³-hybridized carbons (Fsp3) is 0.292. The topological polar surface area (TPSA) is 70.9 Å². The largest absolute Gasteiger partial charge is 0.369 e. The van der Waals surface area contributed by atoms with Crippen molar-refractivity contribution < 1.29 is 0 Å². The molecule has 7 heteroatoms. The first-order chi connectivity index (χ1) is 15.3. The van der Waals surface area contributed by atoms with E-state index in [0.29, 0.717) is 5.95 Å². The first-order valence-corrected chi connectivity index (χ1v) is 10.9. The van der Waals surface area contributed by atoms with Crippen molar-refractivity contribution in [3.8, 4) is 11.3 Å². The molecule has 1 saturated heterocycles. The third-order valence-corrected chi connectivity index (χ3v) is 5.64. The van der Waals surface area contributed by atoms with Gasteiger partial charge in [-0.3, -0.25) is 0 Å². The quantitative estimate of drug-likeness (QED) is 0.497. The Morgan fingerprint density at radius 1 is 1.00 bits per heavy atom. The van der Waals surface area contributed by atoms with Crippen molar-refractivity contribution in [3.63, 3.8) is 0 Å². The van der Waals surface area contributed by atoms with Gasteiger partial charge < -0.3 is 20.1 Å². The van der Waals surface area contributed by atoms with Crippen LogP contribution >= 0.6 is 0 Å². The number of hydrogen-bond acceptors (Lipinski definition) is 6. The van der Waals surface area contributed by atoms with Gasteiger partial charge >= 0.3 is 0 Å². The van der Waals surface area contributed by atoms with Crippen molar-refractivity contribution in [3.05, 3.63) is 61.1 Å². The second kappa shape index (κ2) is 8.73. The zero-order valence-corrected chi connectivity index (χ0v) is 17.8. The van der Waals surface area contributed by atoms with E-state index in [1.54, 1.807) is 6.20 Å². The minimum Gasteiger partial charge on any atom is -0.369 e. The number of aromatic nitrogens is 4. The number of piperazine rings is 1. The molecule has 2 N–H and O–H groups in total. The summed E-state index contributed by atoms with van der Waals surface area (Å²) < 4.78 is 2.20. The van der Waals surface area contributed by atoms with Crippen molar-refractivity contribution >= 4 is 28.4 Å². The number of hydrogen-bond donors (Lipinski definition) is 2. The molecule has 0 spiro atoms. The van der Waals surface area contributed by atoms with Crippen molar-refractivity contribution in [2.75, 3.05) is 36.4 Å². The summed E-state index contributed by atoms with van der Waals surface area (Å²) in [7, 11) is 0. The van der Waals surface area contributed by atoms with E-state index in [-0.39, 0.29) is 0 Å². The summed E-state index contributed by atoms with van der Waals surface area (Å²) in [5.74, 6) is 0.590. The monoisotopic (exact) mass is 413 g/mol. The van der Waals surface area contributed by atoms with Crippen LogP contribution in [0.1, 0.15) is 13.3 Å². The van der Waals surface area contributed by atoms with Crippen molar-refractivity contribution in [1.29, 1.82) is 0 Å². The first-order valence-electron chi connectivity index (χ1n) is 10.9. The van der Waals surface area contributed by atoms with Crippen LogP contribution in [-0.4, -0.2) is 45.7 Å². The van der Waals surface area contributed by atoms with Gasteiger partial charge in [-0.1, -0.05) is 6.92 Å². The van der Waals surface area contributed by atoms with Gasteiger partial charge in [-0.15, -0.1) is 0 Å². The number of fused-ring (bicyclic) bond motifs is 1. The summed E-state index contributed by atoms with van der Waals surface area (Å²) in [6.45, 7) is 7.25. The van der Waals surface area contributed by atoms with E-state index in [0.717, 1.165) is 67.1 Å². The second-order valence-electron chi connectivity index (χ2n) is 7.79. The molecule has 1 fully saturated rings. The lowest BCUT2D eigenvalue weighted by molar-refractivity contribution is 0.589. The lowest BCUT2D eigenvalue weighted by Gasteiger charge is -2.29. The number of benzene rings is 1. The standard InChI is InChI=1S/C24H27N7/c1-2-14-31-17-21(20-4-3-10-26-23(20)31)22-9-11-27-24(29-22)28-18-5-7-19(8-6-18)30-15-12-25-13-16-30/h3-11,17,25H,2,12-16H2,1H3,(H,27,28,29).